The van der Waals surface area contributed by atoms with Crippen molar-refractivity contribution in [1.29, 1.82) is 0 Å². The summed E-state index contributed by atoms with van der Waals surface area (Å²) < 4.78 is 0. The zero-order valence-corrected chi connectivity index (χ0v) is 8.00. The third kappa shape index (κ3) is 2.24. The van der Waals surface area contributed by atoms with E-state index in [-0.39, 0.29) is 0 Å². The molecule has 1 aromatic carbocycles. The summed E-state index contributed by atoms with van der Waals surface area (Å²) in [5.74, 6) is 0.918. The van der Waals surface area contributed by atoms with Crippen LogP contribution in [0.1, 0.15) is 31.2 Å². The van der Waals surface area contributed by atoms with E-state index in [0.717, 1.165) is 11.6 Å². The highest BCUT2D eigenvalue weighted by molar-refractivity contribution is 5.40. The number of benzene rings is 1. The monoisotopic (exact) mass is 175 g/mol. The number of hydrogen-bond donors (Lipinski definition) is 1. The lowest BCUT2D eigenvalue weighted by Crippen LogP contribution is -1.99. The first-order valence-corrected chi connectivity index (χ1v) is 5.19. The van der Waals surface area contributed by atoms with E-state index in [1.54, 1.807) is 0 Å². The van der Waals surface area contributed by atoms with E-state index in [0.29, 0.717) is 0 Å². The highest BCUT2D eigenvalue weighted by atomic mass is 14.5. The molecule has 0 aromatic heterocycles. The molecule has 1 aliphatic rings. The summed E-state index contributed by atoms with van der Waals surface area (Å²) in [5, 5.41) is 0. The second-order valence-electron chi connectivity index (χ2n) is 4.10. The molecule has 1 aromatic rings. The van der Waals surface area contributed by atoms with E-state index in [2.05, 4.69) is 18.2 Å². The van der Waals surface area contributed by atoms with E-state index >= 15 is 0 Å². The Balaban J connectivity index is 2.00. The fourth-order valence-corrected chi connectivity index (χ4v) is 2.27. The molecule has 0 atom stereocenters. The Bertz CT molecular complexity index is 274. The van der Waals surface area contributed by atoms with Crippen LogP contribution in [0.15, 0.2) is 24.3 Å². The Hall–Kier alpha value is -0.980. The van der Waals surface area contributed by atoms with Gasteiger partial charge in [0.15, 0.2) is 0 Å². The maximum absolute atomic E-state index is 5.73. The number of hydrogen-bond acceptors (Lipinski definition) is 1. The van der Waals surface area contributed by atoms with Crippen LogP contribution in [0.4, 0.5) is 5.69 Å². The van der Waals surface area contributed by atoms with Crippen molar-refractivity contribution in [2.45, 2.75) is 32.1 Å². The molecule has 1 aliphatic carbocycles. The molecule has 2 N–H and O–H groups in total. The molecule has 0 saturated heterocycles. The van der Waals surface area contributed by atoms with Crippen molar-refractivity contribution < 1.29 is 0 Å². The fraction of sp³-hybridized carbons (Fsp3) is 0.500. The molecule has 1 fully saturated rings. The first kappa shape index (κ1) is 8.61. The Morgan fingerprint density at radius 3 is 2.69 bits per heavy atom. The lowest BCUT2D eigenvalue weighted by molar-refractivity contribution is 0.546. The van der Waals surface area contributed by atoms with Gasteiger partial charge in [0, 0.05) is 5.69 Å². The molecule has 1 saturated carbocycles. The van der Waals surface area contributed by atoms with Crippen molar-refractivity contribution in [3.63, 3.8) is 0 Å². The number of anilines is 1. The van der Waals surface area contributed by atoms with Crippen LogP contribution >= 0.6 is 0 Å². The zero-order valence-electron chi connectivity index (χ0n) is 8.00. The maximum Gasteiger partial charge on any atom is 0.0316 e. The molecule has 0 heterocycles. The molecule has 13 heavy (non-hydrogen) atoms. The van der Waals surface area contributed by atoms with Gasteiger partial charge in [-0.05, 0) is 30.0 Å². The Morgan fingerprint density at radius 2 is 2.00 bits per heavy atom. The molecular formula is C12H17N. The SMILES string of the molecule is Nc1cccc(CC2CCCC2)c1. The second kappa shape index (κ2) is 3.82. The summed E-state index contributed by atoms with van der Waals surface area (Å²) in [5.41, 5.74) is 8.04. The molecular weight excluding hydrogens is 158 g/mol. The van der Waals surface area contributed by atoms with Gasteiger partial charge in [-0.2, -0.15) is 0 Å². The van der Waals surface area contributed by atoms with Crippen molar-refractivity contribution >= 4 is 5.69 Å². The van der Waals surface area contributed by atoms with Crippen molar-refractivity contribution in [3.05, 3.63) is 29.8 Å². The van der Waals surface area contributed by atoms with E-state index < -0.39 is 0 Å². The molecule has 0 bridgehead atoms. The average molecular weight is 175 g/mol. The number of rotatable bonds is 2. The third-order valence-corrected chi connectivity index (χ3v) is 2.95. The quantitative estimate of drug-likeness (QED) is 0.687. The van der Waals surface area contributed by atoms with Crippen LogP contribution in [0.2, 0.25) is 0 Å². The van der Waals surface area contributed by atoms with E-state index in [1.165, 1.54) is 37.7 Å². The summed E-state index contributed by atoms with van der Waals surface area (Å²) in [6.07, 6.45) is 6.90. The van der Waals surface area contributed by atoms with Crippen molar-refractivity contribution in [1.82, 2.24) is 0 Å². The van der Waals surface area contributed by atoms with Crippen LogP contribution in [0.25, 0.3) is 0 Å². The molecule has 0 aliphatic heterocycles. The van der Waals surface area contributed by atoms with Crippen LogP contribution in [0.3, 0.4) is 0 Å². The summed E-state index contributed by atoms with van der Waals surface area (Å²) in [4.78, 5) is 0. The molecule has 0 radical (unpaired) electrons. The number of nitrogens with two attached hydrogens (primary N) is 1. The van der Waals surface area contributed by atoms with Crippen LogP contribution in [-0.4, -0.2) is 0 Å². The van der Waals surface area contributed by atoms with Gasteiger partial charge in [-0.3, -0.25) is 0 Å². The van der Waals surface area contributed by atoms with Gasteiger partial charge in [0.1, 0.15) is 0 Å². The van der Waals surface area contributed by atoms with E-state index in [1.807, 2.05) is 6.07 Å². The highest BCUT2D eigenvalue weighted by Gasteiger charge is 2.14. The summed E-state index contributed by atoms with van der Waals surface area (Å²) in [7, 11) is 0. The molecule has 1 nitrogen and oxygen atoms in total. The second-order valence-corrected chi connectivity index (χ2v) is 4.10. The van der Waals surface area contributed by atoms with Crippen LogP contribution in [0.5, 0.6) is 0 Å². The lowest BCUT2D eigenvalue weighted by Gasteiger charge is -2.08. The Kier molecular flexibility index (Phi) is 2.53. The van der Waals surface area contributed by atoms with Gasteiger partial charge < -0.3 is 5.73 Å². The van der Waals surface area contributed by atoms with Gasteiger partial charge in [0.05, 0.1) is 0 Å². The largest absolute Gasteiger partial charge is 0.399 e. The van der Waals surface area contributed by atoms with Gasteiger partial charge in [-0.15, -0.1) is 0 Å². The normalized spacial score (nSPS) is 17.8. The van der Waals surface area contributed by atoms with Gasteiger partial charge in [-0.1, -0.05) is 37.8 Å². The van der Waals surface area contributed by atoms with Gasteiger partial charge in [0.25, 0.3) is 0 Å². The standard InChI is InChI=1S/C12H17N/c13-12-7-3-6-11(9-12)8-10-4-1-2-5-10/h3,6-7,9-10H,1-2,4-5,8,13H2. The molecule has 0 spiro atoms. The van der Waals surface area contributed by atoms with Crippen molar-refractivity contribution in [2.75, 3.05) is 5.73 Å². The maximum atomic E-state index is 5.73. The minimum atomic E-state index is 0.899. The van der Waals surface area contributed by atoms with Gasteiger partial charge in [-0.25, -0.2) is 0 Å². The molecule has 70 valence electrons. The minimum absolute atomic E-state index is 0.899. The Morgan fingerprint density at radius 1 is 1.23 bits per heavy atom. The molecule has 0 amide bonds. The van der Waals surface area contributed by atoms with Crippen LogP contribution in [0, 0.1) is 5.92 Å². The van der Waals surface area contributed by atoms with Crippen LogP contribution in [-0.2, 0) is 6.42 Å². The minimum Gasteiger partial charge on any atom is -0.399 e. The molecule has 0 unspecified atom stereocenters. The molecule has 1 heteroatoms. The predicted molar refractivity (Wildman–Crippen MR) is 56.5 cm³/mol. The highest BCUT2D eigenvalue weighted by Crippen LogP contribution is 2.28. The van der Waals surface area contributed by atoms with Crippen LogP contribution < -0.4 is 5.73 Å². The first-order chi connectivity index (χ1) is 6.34. The topological polar surface area (TPSA) is 26.0 Å². The molecule has 2 rings (SSSR count). The van der Waals surface area contributed by atoms with Crippen molar-refractivity contribution in [3.8, 4) is 0 Å². The number of nitrogen functional groups attached to an aromatic ring is 1. The lowest BCUT2D eigenvalue weighted by atomic mass is 9.98. The summed E-state index contributed by atoms with van der Waals surface area (Å²) in [6, 6.07) is 8.31. The average Bonchev–Trinajstić information content (AvgIpc) is 2.57. The van der Waals surface area contributed by atoms with E-state index in [9.17, 15) is 0 Å². The first-order valence-electron chi connectivity index (χ1n) is 5.19. The summed E-state index contributed by atoms with van der Waals surface area (Å²) >= 11 is 0. The van der Waals surface area contributed by atoms with E-state index in [4.69, 9.17) is 5.73 Å². The third-order valence-electron chi connectivity index (χ3n) is 2.95. The van der Waals surface area contributed by atoms with Gasteiger partial charge >= 0.3 is 0 Å². The predicted octanol–water partition coefficient (Wildman–Crippen LogP) is 3.00. The summed E-state index contributed by atoms with van der Waals surface area (Å²) in [6.45, 7) is 0. The van der Waals surface area contributed by atoms with Crippen molar-refractivity contribution in [2.24, 2.45) is 5.92 Å². The smallest absolute Gasteiger partial charge is 0.0316 e. The van der Waals surface area contributed by atoms with Gasteiger partial charge in [0.2, 0.25) is 0 Å². The Labute approximate surface area is 80.0 Å². The fourth-order valence-electron chi connectivity index (χ4n) is 2.27. The zero-order chi connectivity index (χ0) is 9.10.